The molecule has 2 heterocycles. The van der Waals surface area contributed by atoms with E-state index in [9.17, 15) is 4.79 Å². The molecule has 0 saturated carbocycles. The normalized spacial score (nSPS) is 11.9. The number of ether oxygens (including phenoxy) is 1. The molecule has 0 aliphatic carbocycles. The number of aryl methyl sites for hydroxylation is 3. The van der Waals surface area contributed by atoms with E-state index in [2.05, 4.69) is 25.2 Å². The van der Waals surface area contributed by atoms with Crippen LogP contribution in [0.25, 0.3) is 11.4 Å². The Kier molecular flexibility index (Phi) is 6.31. The van der Waals surface area contributed by atoms with Crippen LogP contribution in [0.5, 0.6) is 11.6 Å². The van der Waals surface area contributed by atoms with Crippen molar-refractivity contribution in [1.29, 1.82) is 0 Å². The number of anilines is 1. The predicted molar refractivity (Wildman–Crippen MR) is 142 cm³/mol. The topological polar surface area (TPSA) is 64.1 Å². The van der Waals surface area contributed by atoms with Crippen LogP contribution >= 0.6 is 11.8 Å². The number of benzene rings is 3. The third-order valence-corrected chi connectivity index (χ3v) is 7.27. The molecule has 1 aliphatic rings. The number of fused-ring (bicyclic) bond motifs is 2. The quantitative estimate of drug-likeness (QED) is 0.221. The zero-order valence-electron chi connectivity index (χ0n) is 20.3. The average molecular weight is 482 g/mol. The monoisotopic (exact) mass is 481 g/mol. The van der Waals surface area contributed by atoms with E-state index >= 15 is 0 Å². The van der Waals surface area contributed by atoms with Gasteiger partial charge in [-0.3, -0.25) is 4.79 Å². The van der Waals surface area contributed by atoms with Gasteiger partial charge in [-0.05, 0) is 56.5 Å². The van der Waals surface area contributed by atoms with Gasteiger partial charge in [-0.2, -0.15) is 4.98 Å². The Morgan fingerprint density at radius 1 is 0.971 bits per heavy atom. The summed E-state index contributed by atoms with van der Waals surface area (Å²) in [5, 5.41) is 3.81. The minimum Gasteiger partial charge on any atom is -0.438 e. The van der Waals surface area contributed by atoms with Gasteiger partial charge in [-0.25, -0.2) is 4.98 Å². The fraction of sp³-hybridized carbons (Fsp3) is 0.207. The smallest absolute Gasteiger partial charge is 0.234 e. The number of nitrogens with zero attached hydrogens (tertiary/aromatic N) is 2. The summed E-state index contributed by atoms with van der Waals surface area (Å²) in [6.07, 6.45) is 0.668. The molecule has 0 radical (unpaired) electrons. The third kappa shape index (κ3) is 4.93. The van der Waals surface area contributed by atoms with E-state index in [1.165, 1.54) is 22.9 Å². The largest absolute Gasteiger partial charge is 0.438 e. The van der Waals surface area contributed by atoms with Crippen LogP contribution in [0.4, 0.5) is 5.69 Å². The SMILES string of the molecule is Cc1ccc(-c2nc3c(c(SCC(=O)Nc4cccc(C)c4C)n2)Cc2cc(C)ccc2O3)cc1. The van der Waals surface area contributed by atoms with Crippen molar-refractivity contribution in [3.05, 3.63) is 94.0 Å². The van der Waals surface area contributed by atoms with Gasteiger partial charge < -0.3 is 10.1 Å². The van der Waals surface area contributed by atoms with Crippen molar-refractivity contribution in [1.82, 2.24) is 9.97 Å². The molecule has 1 aliphatic heterocycles. The third-order valence-electron chi connectivity index (χ3n) is 6.25. The van der Waals surface area contributed by atoms with Crippen LogP contribution in [0, 0.1) is 27.7 Å². The van der Waals surface area contributed by atoms with E-state index in [0.29, 0.717) is 18.1 Å². The molecule has 1 aromatic heterocycles. The van der Waals surface area contributed by atoms with Crippen LogP contribution in [-0.2, 0) is 11.2 Å². The molecule has 1 N–H and O–H groups in total. The zero-order chi connectivity index (χ0) is 24.5. The van der Waals surface area contributed by atoms with Crippen LogP contribution in [0.2, 0.25) is 0 Å². The van der Waals surface area contributed by atoms with Gasteiger partial charge in [-0.15, -0.1) is 0 Å². The predicted octanol–water partition coefficient (Wildman–Crippen LogP) is 6.80. The highest BCUT2D eigenvalue weighted by Gasteiger charge is 2.25. The van der Waals surface area contributed by atoms with Crippen LogP contribution in [0.1, 0.15) is 33.4 Å². The highest BCUT2D eigenvalue weighted by molar-refractivity contribution is 8.00. The lowest BCUT2D eigenvalue weighted by Gasteiger charge is -2.22. The zero-order valence-corrected chi connectivity index (χ0v) is 21.1. The minimum absolute atomic E-state index is 0.0686. The van der Waals surface area contributed by atoms with Gasteiger partial charge in [0.15, 0.2) is 5.82 Å². The van der Waals surface area contributed by atoms with Crippen molar-refractivity contribution >= 4 is 23.4 Å². The maximum atomic E-state index is 12.8. The van der Waals surface area contributed by atoms with Gasteiger partial charge in [0.05, 0.1) is 11.3 Å². The molecule has 0 fully saturated rings. The van der Waals surface area contributed by atoms with E-state index in [4.69, 9.17) is 14.7 Å². The second-order valence-electron chi connectivity index (χ2n) is 8.98. The molecule has 5 nitrogen and oxygen atoms in total. The number of carbonyl (C=O) groups excluding carboxylic acids is 1. The fourth-order valence-corrected chi connectivity index (χ4v) is 4.90. The number of nitrogens with one attached hydrogen (secondary N) is 1. The van der Waals surface area contributed by atoms with E-state index in [0.717, 1.165) is 44.3 Å². The van der Waals surface area contributed by atoms with Crippen molar-refractivity contribution in [3.63, 3.8) is 0 Å². The highest BCUT2D eigenvalue weighted by Crippen LogP contribution is 2.40. The Morgan fingerprint density at radius 2 is 1.74 bits per heavy atom. The second-order valence-corrected chi connectivity index (χ2v) is 9.94. The summed E-state index contributed by atoms with van der Waals surface area (Å²) in [5.74, 6) is 2.15. The number of amides is 1. The standard InChI is InChI=1S/C29H27N3O2S/c1-17-8-11-21(12-9-17)27-31-28-23(15-22-14-18(2)10-13-25(22)34-28)29(32-27)35-16-26(33)30-24-7-5-6-19(3)20(24)4/h5-14H,15-16H2,1-4H3,(H,30,33). The van der Waals surface area contributed by atoms with Crippen LogP contribution in [0.3, 0.4) is 0 Å². The molecule has 0 spiro atoms. The summed E-state index contributed by atoms with van der Waals surface area (Å²) < 4.78 is 6.23. The van der Waals surface area contributed by atoms with Gasteiger partial charge in [0.1, 0.15) is 10.8 Å². The first-order valence-electron chi connectivity index (χ1n) is 11.6. The average Bonchev–Trinajstić information content (AvgIpc) is 2.84. The van der Waals surface area contributed by atoms with Gasteiger partial charge in [0.2, 0.25) is 11.8 Å². The molecule has 1 amide bonds. The molecular formula is C29H27N3O2S. The molecule has 176 valence electrons. The molecule has 4 aromatic rings. The summed E-state index contributed by atoms with van der Waals surface area (Å²) in [5.41, 5.74) is 8.35. The van der Waals surface area contributed by atoms with Crippen LogP contribution in [-0.4, -0.2) is 21.6 Å². The molecule has 5 rings (SSSR count). The first-order chi connectivity index (χ1) is 16.9. The lowest BCUT2D eigenvalue weighted by molar-refractivity contribution is -0.113. The molecule has 0 bridgehead atoms. The molecule has 0 unspecified atom stereocenters. The van der Waals surface area contributed by atoms with Gasteiger partial charge in [0, 0.05) is 17.7 Å². The van der Waals surface area contributed by atoms with Crippen LogP contribution in [0.15, 0.2) is 65.7 Å². The van der Waals surface area contributed by atoms with E-state index in [-0.39, 0.29) is 11.7 Å². The maximum Gasteiger partial charge on any atom is 0.234 e. The number of hydrogen-bond acceptors (Lipinski definition) is 5. The summed E-state index contributed by atoms with van der Waals surface area (Å²) >= 11 is 1.42. The first kappa shape index (κ1) is 23.1. The second kappa shape index (κ2) is 9.55. The molecule has 0 atom stereocenters. The van der Waals surface area contributed by atoms with Crippen LogP contribution < -0.4 is 10.1 Å². The lowest BCUT2D eigenvalue weighted by Crippen LogP contribution is -2.16. The molecule has 35 heavy (non-hydrogen) atoms. The number of thioether (sulfide) groups is 1. The van der Waals surface area contributed by atoms with Gasteiger partial charge in [0.25, 0.3) is 0 Å². The maximum absolute atomic E-state index is 12.8. The number of aromatic nitrogens is 2. The Balaban J connectivity index is 1.45. The van der Waals surface area contributed by atoms with E-state index in [1.807, 2.05) is 68.4 Å². The summed E-state index contributed by atoms with van der Waals surface area (Å²) in [6.45, 7) is 8.18. The summed E-state index contributed by atoms with van der Waals surface area (Å²) in [7, 11) is 0. The lowest BCUT2D eigenvalue weighted by atomic mass is 10.0. The Bertz CT molecular complexity index is 1430. The fourth-order valence-electron chi connectivity index (χ4n) is 4.08. The Labute approximate surface area is 210 Å². The Hall–Kier alpha value is -3.64. The number of rotatable bonds is 5. The van der Waals surface area contributed by atoms with Crippen molar-refractivity contribution in [3.8, 4) is 23.0 Å². The Morgan fingerprint density at radius 3 is 2.54 bits per heavy atom. The minimum atomic E-state index is -0.0686. The molecule has 3 aromatic carbocycles. The number of hydrogen-bond donors (Lipinski definition) is 1. The number of carbonyl (C=O) groups is 1. The molecule has 0 saturated heterocycles. The van der Waals surface area contributed by atoms with E-state index in [1.54, 1.807) is 0 Å². The van der Waals surface area contributed by atoms with Crippen molar-refractivity contribution in [2.75, 3.05) is 11.1 Å². The highest BCUT2D eigenvalue weighted by atomic mass is 32.2. The molecular weight excluding hydrogens is 454 g/mol. The van der Waals surface area contributed by atoms with Crippen molar-refractivity contribution in [2.45, 2.75) is 39.1 Å². The van der Waals surface area contributed by atoms with Crippen molar-refractivity contribution < 1.29 is 9.53 Å². The van der Waals surface area contributed by atoms with Gasteiger partial charge >= 0.3 is 0 Å². The summed E-state index contributed by atoms with van der Waals surface area (Å²) in [4.78, 5) is 22.5. The summed E-state index contributed by atoms with van der Waals surface area (Å²) in [6, 6.07) is 20.2. The van der Waals surface area contributed by atoms with Crippen molar-refractivity contribution in [2.24, 2.45) is 0 Å². The van der Waals surface area contributed by atoms with E-state index < -0.39 is 0 Å². The molecule has 6 heteroatoms. The first-order valence-corrected chi connectivity index (χ1v) is 12.6. The van der Waals surface area contributed by atoms with Gasteiger partial charge in [-0.1, -0.05) is 71.4 Å².